The second kappa shape index (κ2) is 3.89. The van der Waals surface area contributed by atoms with Gasteiger partial charge in [0.2, 0.25) is 0 Å². The normalized spacial score (nSPS) is 11.9. The summed E-state index contributed by atoms with van der Waals surface area (Å²) in [6.45, 7) is 5.76. The Labute approximate surface area is 87.7 Å². The van der Waals surface area contributed by atoms with E-state index in [1.807, 2.05) is 27.0 Å². The Morgan fingerprint density at radius 1 is 1.14 bits per heavy atom. The number of thioether (sulfide) groups is 1. The first kappa shape index (κ1) is 11.5. The smallest absolute Gasteiger partial charge is 0.130 e. The summed E-state index contributed by atoms with van der Waals surface area (Å²) in [4.78, 5) is 0.676. The van der Waals surface area contributed by atoms with E-state index < -0.39 is 11.6 Å². The van der Waals surface area contributed by atoms with Gasteiger partial charge in [0.05, 0.1) is 0 Å². The van der Waals surface area contributed by atoms with Gasteiger partial charge < -0.3 is 0 Å². The van der Waals surface area contributed by atoms with Crippen molar-refractivity contribution in [1.29, 1.82) is 0 Å². The van der Waals surface area contributed by atoms with E-state index in [9.17, 15) is 8.78 Å². The Morgan fingerprint density at radius 2 is 1.71 bits per heavy atom. The molecule has 0 atom stereocenters. The second-order valence-electron chi connectivity index (χ2n) is 4.21. The Balaban J connectivity index is 3.40. The maximum absolute atomic E-state index is 13.5. The molecule has 0 aliphatic rings. The van der Waals surface area contributed by atoms with Gasteiger partial charge in [-0.25, -0.2) is 8.78 Å². The van der Waals surface area contributed by atoms with Crippen LogP contribution in [0.3, 0.4) is 0 Å². The van der Waals surface area contributed by atoms with Gasteiger partial charge in [0.1, 0.15) is 11.6 Å². The molecule has 0 aliphatic heterocycles. The molecule has 0 spiro atoms. The monoisotopic (exact) mass is 216 g/mol. The summed E-state index contributed by atoms with van der Waals surface area (Å²) >= 11 is 1.37. The molecule has 0 N–H and O–H groups in total. The first-order chi connectivity index (χ1) is 6.36. The minimum atomic E-state index is -0.514. The van der Waals surface area contributed by atoms with Crippen molar-refractivity contribution in [2.45, 2.75) is 31.1 Å². The third-order valence-corrected chi connectivity index (χ3v) is 2.75. The second-order valence-corrected chi connectivity index (χ2v) is 5.06. The topological polar surface area (TPSA) is 0 Å². The molecule has 3 heteroatoms. The Morgan fingerprint density at radius 3 is 2.14 bits per heavy atom. The minimum Gasteiger partial charge on any atom is -0.207 e. The van der Waals surface area contributed by atoms with Crippen molar-refractivity contribution in [2.24, 2.45) is 0 Å². The third-order valence-electron chi connectivity index (χ3n) is 1.99. The van der Waals surface area contributed by atoms with E-state index in [-0.39, 0.29) is 5.41 Å². The Hall–Kier alpha value is -0.570. The van der Waals surface area contributed by atoms with E-state index in [0.717, 1.165) is 6.07 Å². The van der Waals surface area contributed by atoms with Gasteiger partial charge in [-0.3, -0.25) is 0 Å². The van der Waals surface area contributed by atoms with Crippen LogP contribution in [0.25, 0.3) is 0 Å². The molecule has 0 amide bonds. The van der Waals surface area contributed by atoms with Crippen LogP contribution in [0.15, 0.2) is 17.0 Å². The molecule has 0 unspecified atom stereocenters. The fourth-order valence-electron chi connectivity index (χ4n) is 1.44. The molecule has 0 nitrogen and oxygen atoms in total. The molecule has 0 radical (unpaired) electrons. The predicted molar refractivity (Wildman–Crippen MR) is 56.8 cm³/mol. The minimum absolute atomic E-state index is 0.296. The lowest BCUT2D eigenvalue weighted by Gasteiger charge is -2.22. The highest BCUT2D eigenvalue weighted by Crippen LogP contribution is 2.34. The molecule has 1 rings (SSSR count). The van der Waals surface area contributed by atoms with Crippen LogP contribution in [0.1, 0.15) is 26.3 Å². The maximum Gasteiger partial charge on any atom is 0.130 e. The average molecular weight is 216 g/mol. The fraction of sp³-hybridized carbons (Fsp3) is 0.455. The zero-order valence-corrected chi connectivity index (χ0v) is 9.64. The molecular formula is C11H14F2S. The molecule has 0 saturated carbocycles. The van der Waals surface area contributed by atoms with Gasteiger partial charge in [-0.15, -0.1) is 11.8 Å². The number of benzene rings is 1. The molecule has 0 bridgehead atoms. The molecule has 0 saturated heterocycles. The van der Waals surface area contributed by atoms with Gasteiger partial charge in [-0.1, -0.05) is 20.8 Å². The van der Waals surface area contributed by atoms with E-state index in [0.29, 0.717) is 10.5 Å². The predicted octanol–water partition coefficient (Wildman–Crippen LogP) is 3.98. The number of halogens is 2. The van der Waals surface area contributed by atoms with Crippen LogP contribution >= 0.6 is 11.8 Å². The van der Waals surface area contributed by atoms with E-state index >= 15 is 0 Å². The van der Waals surface area contributed by atoms with Gasteiger partial charge in [-0.2, -0.15) is 0 Å². The van der Waals surface area contributed by atoms with Gasteiger partial charge >= 0.3 is 0 Å². The van der Waals surface area contributed by atoms with Crippen molar-refractivity contribution in [1.82, 2.24) is 0 Å². The lowest BCUT2D eigenvalue weighted by atomic mass is 9.86. The van der Waals surface area contributed by atoms with Crippen molar-refractivity contribution >= 4 is 11.8 Å². The zero-order chi connectivity index (χ0) is 10.9. The van der Waals surface area contributed by atoms with Crippen LogP contribution in [-0.4, -0.2) is 6.26 Å². The molecule has 1 aromatic rings. The van der Waals surface area contributed by atoms with Crippen molar-refractivity contribution in [3.8, 4) is 0 Å². The molecule has 0 fully saturated rings. The van der Waals surface area contributed by atoms with Crippen LogP contribution in [0, 0.1) is 11.6 Å². The number of rotatable bonds is 1. The molecule has 14 heavy (non-hydrogen) atoms. The molecule has 78 valence electrons. The lowest BCUT2D eigenvalue weighted by molar-refractivity contribution is 0.498. The standard InChI is InChI=1S/C11H14F2S/c1-11(2,3)10-8(13)5-7(12)6-9(10)14-4/h5-6H,1-4H3. The summed E-state index contributed by atoms with van der Waals surface area (Å²) in [5.74, 6) is -0.971. The summed E-state index contributed by atoms with van der Waals surface area (Å²) < 4.78 is 26.5. The summed E-state index contributed by atoms with van der Waals surface area (Å²) in [7, 11) is 0. The molecule has 0 heterocycles. The number of hydrogen-bond donors (Lipinski definition) is 0. The lowest BCUT2D eigenvalue weighted by Crippen LogP contribution is -2.15. The van der Waals surface area contributed by atoms with Gasteiger partial charge in [0, 0.05) is 16.5 Å². The molecule has 0 aromatic heterocycles. The summed E-state index contributed by atoms with van der Waals surface area (Å²) in [6.07, 6.45) is 1.82. The first-order valence-electron chi connectivity index (χ1n) is 4.40. The highest BCUT2D eigenvalue weighted by molar-refractivity contribution is 7.98. The summed E-state index contributed by atoms with van der Waals surface area (Å²) in [5, 5.41) is 0. The zero-order valence-electron chi connectivity index (χ0n) is 8.82. The quantitative estimate of drug-likeness (QED) is 0.640. The van der Waals surface area contributed by atoms with Crippen molar-refractivity contribution in [3.63, 3.8) is 0 Å². The highest BCUT2D eigenvalue weighted by atomic mass is 32.2. The third kappa shape index (κ3) is 2.27. The van der Waals surface area contributed by atoms with Crippen molar-refractivity contribution in [2.75, 3.05) is 6.26 Å². The number of hydrogen-bond acceptors (Lipinski definition) is 1. The van der Waals surface area contributed by atoms with Crippen LogP contribution in [0.2, 0.25) is 0 Å². The van der Waals surface area contributed by atoms with Crippen LogP contribution in [0.5, 0.6) is 0 Å². The summed E-state index contributed by atoms with van der Waals surface area (Å²) in [5.41, 5.74) is 0.294. The van der Waals surface area contributed by atoms with E-state index in [2.05, 4.69) is 0 Å². The van der Waals surface area contributed by atoms with Crippen molar-refractivity contribution in [3.05, 3.63) is 29.3 Å². The van der Waals surface area contributed by atoms with Crippen LogP contribution in [-0.2, 0) is 5.41 Å². The average Bonchev–Trinajstić information content (AvgIpc) is 1.99. The van der Waals surface area contributed by atoms with Gasteiger partial charge in [-0.05, 0) is 17.7 Å². The Kier molecular flexibility index (Phi) is 3.20. The van der Waals surface area contributed by atoms with Gasteiger partial charge in [0.25, 0.3) is 0 Å². The fourth-order valence-corrected chi connectivity index (χ4v) is 2.28. The van der Waals surface area contributed by atoms with E-state index in [1.165, 1.54) is 17.8 Å². The van der Waals surface area contributed by atoms with E-state index in [4.69, 9.17) is 0 Å². The molecule has 0 aliphatic carbocycles. The first-order valence-corrected chi connectivity index (χ1v) is 5.62. The van der Waals surface area contributed by atoms with Crippen molar-refractivity contribution < 1.29 is 8.78 Å². The van der Waals surface area contributed by atoms with Gasteiger partial charge in [0.15, 0.2) is 0 Å². The van der Waals surface area contributed by atoms with Crippen LogP contribution in [0.4, 0.5) is 8.78 Å². The van der Waals surface area contributed by atoms with Crippen LogP contribution < -0.4 is 0 Å². The maximum atomic E-state index is 13.5. The highest BCUT2D eigenvalue weighted by Gasteiger charge is 2.22. The molecular weight excluding hydrogens is 202 g/mol. The Bertz CT molecular complexity index is 340. The largest absolute Gasteiger partial charge is 0.207 e. The van der Waals surface area contributed by atoms with E-state index in [1.54, 1.807) is 0 Å². The SMILES string of the molecule is CSc1cc(F)cc(F)c1C(C)(C)C. The summed E-state index contributed by atoms with van der Waals surface area (Å²) in [6, 6.07) is 2.33. The molecule has 1 aromatic carbocycles.